The molecule has 0 spiro atoms. The molecule has 0 bridgehead atoms. The van der Waals surface area contributed by atoms with Crippen LogP contribution in [0.5, 0.6) is 0 Å². The second-order valence-electron chi connectivity index (χ2n) is 4.54. The van der Waals surface area contributed by atoms with E-state index >= 15 is 0 Å². The summed E-state index contributed by atoms with van der Waals surface area (Å²) in [4.78, 5) is 14.0. The zero-order valence-corrected chi connectivity index (χ0v) is 11.2. The molecule has 0 saturated carbocycles. The third-order valence-corrected chi connectivity index (χ3v) is 3.15. The van der Waals surface area contributed by atoms with Gasteiger partial charge in [0.2, 0.25) is 5.91 Å². The van der Waals surface area contributed by atoms with E-state index < -0.39 is 0 Å². The first-order valence-corrected chi connectivity index (χ1v) is 6.86. The van der Waals surface area contributed by atoms with Crippen LogP contribution in [0.25, 0.3) is 0 Å². The van der Waals surface area contributed by atoms with Gasteiger partial charge < -0.3 is 15.0 Å². The number of likely N-dealkylation sites (tertiary alicyclic amines) is 1. The third-order valence-electron chi connectivity index (χ3n) is 3.15. The molecule has 0 aliphatic carbocycles. The van der Waals surface area contributed by atoms with Crippen LogP contribution in [0.4, 0.5) is 0 Å². The maximum Gasteiger partial charge on any atom is 0.222 e. The van der Waals surface area contributed by atoms with Crippen LogP contribution in [0.1, 0.15) is 39.5 Å². The van der Waals surface area contributed by atoms with Crippen LogP contribution < -0.4 is 5.32 Å². The molecular formula is C13H26N2O2. The molecule has 1 atom stereocenters. The number of carbonyl (C=O) groups is 1. The third kappa shape index (κ3) is 5.50. The fourth-order valence-electron chi connectivity index (χ4n) is 2.29. The summed E-state index contributed by atoms with van der Waals surface area (Å²) in [6.45, 7) is 8.32. The van der Waals surface area contributed by atoms with E-state index in [2.05, 4.69) is 12.2 Å². The average molecular weight is 242 g/mol. The lowest BCUT2D eigenvalue weighted by Crippen LogP contribution is -2.47. The van der Waals surface area contributed by atoms with E-state index in [9.17, 15) is 4.79 Å². The number of piperidine rings is 1. The largest absolute Gasteiger partial charge is 0.382 e. The van der Waals surface area contributed by atoms with Crippen LogP contribution in [-0.2, 0) is 9.53 Å². The topological polar surface area (TPSA) is 41.6 Å². The lowest BCUT2D eigenvalue weighted by atomic mass is 10.1. The zero-order chi connectivity index (χ0) is 12.5. The number of amides is 1. The number of rotatable bonds is 7. The minimum atomic E-state index is 0.285. The van der Waals surface area contributed by atoms with E-state index in [0.717, 1.165) is 39.1 Å². The van der Waals surface area contributed by atoms with E-state index in [0.29, 0.717) is 19.1 Å². The predicted octanol–water partition coefficient (Wildman–Crippen LogP) is 1.40. The Morgan fingerprint density at radius 3 is 3.00 bits per heavy atom. The molecule has 0 aromatic heterocycles. The molecule has 4 nitrogen and oxygen atoms in total. The summed E-state index contributed by atoms with van der Waals surface area (Å²) >= 11 is 0. The number of likely N-dealkylation sites (N-methyl/N-ethyl adjacent to an activating group) is 1. The first-order chi connectivity index (χ1) is 8.27. The molecule has 1 aliphatic heterocycles. The van der Waals surface area contributed by atoms with Crippen LogP contribution >= 0.6 is 0 Å². The first-order valence-electron chi connectivity index (χ1n) is 6.86. The van der Waals surface area contributed by atoms with Crippen molar-refractivity contribution in [2.45, 2.75) is 45.6 Å². The Balaban J connectivity index is 2.21. The Morgan fingerprint density at radius 2 is 2.29 bits per heavy atom. The minimum Gasteiger partial charge on any atom is -0.382 e. The standard InChI is InChI=1S/C13H26N2O2/c1-3-14-12-7-5-9-15(11-12)13(16)8-6-10-17-4-2/h12,14H,3-11H2,1-2H3. The molecule has 1 N–H and O–H groups in total. The Morgan fingerprint density at radius 1 is 1.47 bits per heavy atom. The lowest BCUT2D eigenvalue weighted by Gasteiger charge is -2.33. The van der Waals surface area contributed by atoms with Crippen LogP contribution in [0.2, 0.25) is 0 Å². The zero-order valence-electron chi connectivity index (χ0n) is 11.2. The van der Waals surface area contributed by atoms with E-state index in [-0.39, 0.29) is 5.91 Å². The summed E-state index contributed by atoms with van der Waals surface area (Å²) < 4.78 is 5.25. The van der Waals surface area contributed by atoms with Crippen molar-refractivity contribution < 1.29 is 9.53 Å². The van der Waals surface area contributed by atoms with E-state index in [1.807, 2.05) is 11.8 Å². The molecule has 1 aliphatic rings. The average Bonchev–Trinajstić information content (AvgIpc) is 2.35. The van der Waals surface area contributed by atoms with Gasteiger partial charge in [-0.2, -0.15) is 0 Å². The monoisotopic (exact) mass is 242 g/mol. The van der Waals surface area contributed by atoms with Gasteiger partial charge in [0.1, 0.15) is 0 Å². The fraction of sp³-hybridized carbons (Fsp3) is 0.923. The highest BCUT2D eigenvalue weighted by molar-refractivity contribution is 5.76. The molecule has 17 heavy (non-hydrogen) atoms. The molecule has 1 heterocycles. The molecular weight excluding hydrogens is 216 g/mol. The molecule has 1 rings (SSSR count). The number of carbonyl (C=O) groups excluding carboxylic acids is 1. The van der Waals surface area contributed by atoms with Gasteiger partial charge >= 0.3 is 0 Å². The lowest BCUT2D eigenvalue weighted by molar-refractivity contribution is -0.132. The summed E-state index contributed by atoms with van der Waals surface area (Å²) in [6, 6.07) is 0.490. The Labute approximate surface area is 105 Å². The van der Waals surface area contributed by atoms with Crippen molar-refractivity contribution in [1.82, 2.24) is 10.2 Å². The van der Waals surface area contributed by atoms with E-state index in [1.54, 1.807) is 0 Å². The van der Waals surface area contributed by atoms with Crippen LogP contribution in [0.3, 0.4) is 0 Å². The summed E-state index contributed by atoms with van der Waals surface area (Å²) in [7, 11) is 0. The van der Waals surface area contributed by atoms with Crippen molar-refractivity contribution >= 4 is 5.91 Å². The second kappa shape index (κ2) is 8.48. The maximum atomic E-state index is 12.0. The van der Waals surface area contributed by atoms with Crippen molar-refractivity contribution in [3.05, 3.63) is 0 Å². The summed E-state index contributed by atoms with van der Waals surface area (Å²) in [5.74, 6) is 0.285. The van der Waals surface area contributed by atoms with Gasteiger partial charge in [-0.15, -0.1) is 0 Å². The Bertz CT molecular complexity index is 219. The smallest absolute Gasteiger partial charge is 0.222 e. The highest BCUT2D eigenvalue weighted by Gasteiger charge is 2.22. The number of hydrogen-bond donors (Lipinski definition) is 1. The summed E-state index contributed by atoms with van der Waals surface area (Å²) in [5.41, 5.74) is 0. The van der Waals surface area contributed by atoms with Gasteiger partial charge in [-0.05, 0) is 32.7 Å². The number of nitrogens with one attached hydrogen (secondary N) is 1. The van der Waals surface area contributed by atoms with E-state index in [4.69, 9.17) is 4.74 Å². The Hall–Kier alpha value is -0.610. The predicted molar refractivity (Wildman–Crippen MR) is 69.0 cm³/mol. The molecule has 1 fully saturated rings. The molecule has 1 unspecified atom stereocenters. The molecule has 0 radical (unpaired) electrons. The summed E-state index contributed by atoms with van der Waals surface area (Å²) in [6.07, 6.45) is 3.78. The van der Waals surface area contributed by atoms with Crippen molar-refractivity contribution in [2.24, 2.45) is 0 Å². The first kappa shape index (κ1) is 14.5. The van der Waals surface area contributed by atoms with Crippen molar-refractivity contribution in [2.75, 3.05) is 32.8 Å². The number of nitrogens with zero attached hydrogens (tertiary/aromatic N) is 1. The molecule has 1 amide bonds. The molecule has 100 valence electrons. The normalized spacial score (nSPS) is 20.6. The summed E-state index contributed by atoms with van der Waals surface area (Å²) in [5, 5.41) is 3.43. The fourth-order valence-corrected chi connectivity index (χ4v) is 2.29. The van der Waals surface area contributed by atoms with Gasteiger partial charge in [-0.3, -0.25) is 4.79 Å². The van der Waals surface area contributed by atoms with Gasteiger partial charge in [0.15, 0.2) is 0 Å². The Kier molecular flexibility index (Phi) is 7.21. The molecule has 0 aromatic carbocycles. The second-order valence-corrected chi connectivity index (χ2v) is 4.54. The van der Waals surface area contributed by atoms with Crippen LogP contribution in [-0.4, -0.2) is 49.7 Å². The van der Waals surface area contributed by atoms with Crippen molar-refractivity contribution in [3.8, 4) is 0 Å². The van der Waals surface area contributed by atoms with Crippen molar-refractivity contribution in [1.29, 1.82) is 0 Å². The highest BCUT2D eigenvalue weighted by Crippen LogP contribution is 2.11. The number of hydrogen-bond acceptors (Lipinski definition) is 3. The maximum absolute atomic E-state index is 12.0. The molecule has 4 heteroatoms. The SMILES string of the molecule is CCNC1CCCN(C(=O)CCCOCC)C1. The number of ether oxygens (including phenoxy) is 1. The highest BCUT2D eigenvalue weighted by atomic mass is 16.5. The molecule has 1 saturated heterocycles. The van der Waals surface area contributed by atoms with Crippen LogP contribution in [0.15, 0.2) is 0 Å². The minimum absolute atomic E-state index is 0.285. The van der Waals surface area contributed by atoms with Crippen molar-refractivity contribution in [3.63, 3.8) is 0 Å². The van der Waals surface area contributed by atoms with Gasteiger partial charge in [0.05, 0.1) is 0 Å². The van der Waals surface area contributed by atoms with Gasteiger partial charge in [-0.1, -0.05) is 6.92 Å². The van der Waals surface area contributed by atoms with Gasteiger partial charge in [0, 0.05) is 38.8 Å². The van der Waals surface area contributed by atoms with Gasteiger partial charge in [-0.25, -0.2) is 0 Å². The van der Waals surface area contributed by atoms with Gasteiger partial charge in [0.25, 0.3) is 0 Å². The van der Waals surface area contributed by atoms with Crippen LogP contribution in [0, 0.1) is 0 Å². The molecule has 0 aromatic rings. The quantitative estimate of drug-likeness (QED) is 0.686. The van der Waals surface area contributed by atoms with E-state index in [1.165, 1.54) is 6.42 Å².